The molecule has 3 aromatic rings. The van der Waals surface area contributed by atoms with Crippen molar-refractivity contribution >= 4 is 34.9 Å². The molecule has 0 radical (unpaired) electrons. The van der Waals surface area contributed by atoms with Gasteiger partial charge < -0.3 is 20.4 Å². The fourth-order valence-corrected chi connectivity index (χ4v) is 4.89. The Kier molecular flexibility index (Phi) is 6.63. The van der Waals surface area contributed by atoms with Crippen LogP contribution in [0.15, 0.2) is 54.6 Å². The Hall–Kier alpha value is -3.19. The zero-order valence-corrected chi connectivity index (χ0v) is 20.7. The molecule has 0 spiro atoms. The lowest BCUT2D eigenvalue weighted by Gasteiger charge is -2.32. The van der Waals surface area contributed by atoms with Gasteiger partial charge in [-0.3, -0.25) is 0 Å². The van der Waals surface area contributed by atoms with Crippen LogP contribution in [0.25, 0.3) is 0 Å². The van der Waals surface area contributed by atoms with Crippen molar-refractivity contribution in [3.05, 3.63) is 76.9 Å². The minimum Gasteiger partial charge on any atom is -0.358 e. The SMILES string of the molecule is Cc1ccc(CNC(=S)Nc2nc(N3Cc4ccccc4C3)cc(N3CCCC(C)C3)n2)cc1. The van der Waals surface area contributed by atoms with Crippen LogP contribution in [-0.4, -0.2) is 28.2 Å². The Balaban J connectivity index is 1.35. The van der Waals surface area contributed by atoms with Crippen LogP contribution < -0.4 is 20.4 Å². The second kappa shape index (κ2) is 9.97. The molecule has 1 unspecified atom stereocenters. The van der Waals surface area contributed by atoms with Gasteiger partial charge >= 0.3 is 0 Å². The summed E-state index contributed by atoms with van der Waals surface area (Å²) in [6.07, 6.45) is 2.46. The van der Waals surface area contributed by atoms with E-state index in [9.17, 15) is 0 Å². The van der Waals surface area contributed by atoms with Gasteiger partial charge in [-0.2, -0.15) is 9.97 Å². The highest BCUT2D eigenvalue weighted by Gasteiger charge is 2.24. The van der Waals surface area contributed by atoms with Crippen molar-refractivity contribution in [1.29, 1.82) is 0 Å². The number of benzene rings is 2. The highest BCUT2D eigenvalue weighted by atomic mass is 32.1. The molecule has 0 amide bonds. The standard InChI is InChI=1S/C27H32N6S/c1-19-9-11-21(12-10-19)15-28-27(34)31-26-29-24(32-13-5-6-20(2)16-32)14-25(30-26)33-17-22-7-3-4-8-23(22)18-33/h3-4,7-12,14,20H,5-6,13,15-18H2,1-2H3,(H2,28,29,30,31,34). The highest BCUT2D eigenvalue weighted by Crippen LogP contribution is 2.31. The number of rotatable bonds is 5. The zero-order chi connectivity index (χ0) is 23.5. The topological polar surface area (TPSA) is 56.3 Å². The number of piperidine rings is 1. The van der Waals surface area contributed by atoms with Crippen LogP contribution in [0.3, 0.4) is 0 Å². The summed E-state index contributed by atoms with van der Waals surface area (Å²) in [5.41, 5.74) is 5.15. The Labute approximate surface area is 207 Å². The summed E-state index contributed by atoms with van der Waals surface area (Å²) in [5.74, 6) is 3.11. The molecular formula is C27H32N6S. The molecule has 1 fully saturated rings. The van der Waals surface area contributed by atoms with Crippen molar-refractivity contribution in [3.8, 4) is 0 Å². The van der Waals surface area contributed by atoms with E-state index in [0.29, 0.717) is 23.5 Å². The van der Waals surface area contributed by atoms with Gasteiger partial charge in [0.05, 0.1) is 0 Å². The molecule has 2 aliphatic heterocycles. The summed E-state index contributed by atoms with van der Waals surface area (Å²) < 4.78 is 0. The lowest BCUT2D eigenvalue weighted by Crippen LogP contribution is -2.35. The summed E-state index contributed by atoms with van der Waals surface area (Å²) in [5, 5.41) is 7.06. The fourth-order valence-electron chi connectivity index (χ4n) is 4.73. The minimum absolute atomic E-state index is 0.528. The Morgan fingerprint density at radius 2 is 1.68 bits per heavy atom. The zero-order valence-electron chi connectivity index (χ0n) is 19.9. The predicted molar refractivity (Wildman–Crippen MR) is 143 cm³/mol. The molecule has 176 valence electrons. The van der Waals surface area contributed by atoms with Crippen molar-refractivity contribution in [1.82, 2.24) is 15.3 Å². The van der Waals surface area contributed by atoms with Crippen molar-refractivity contribution in [2.45, 2.75) is 46.3 Å². The molecule has 1 atom stereocenters. The number of thiocarbonyl (C=S) groups is 1. The molecule has 1 aromatic heterocycles. The highest BCUT2D eigenvalue weighted by molar-refractivity contribution is 7.80. The first-order chi connectivity index (χ1) is 16.5. The lowest BCUT2D eigenvalue weighted by atomic mass is 10.0. The van der Waals surface area contributed by atoms with E-state index in [1.54, 1.807) is 0 Å². The van der Waals surface area contributed by atoms with Crippen molar-refractivity contribution in [2.75, 3.05) is 28.2 Å². The smallest absolute Gasteiger partial charge is 0.232 e. The molecule has 0 aliphatic carbocycles. The van der Waals surface area contributed by atoms with Crippen molar-refractivity contribution in [2.24, 2.45) is 5.92 Å². The van der Waals surface area contributed by atoms with Crippen LogP contribution in [0.5, 0.6) is 0 Å². The number of aryl methyl sites for hydroxylation is 1. The van der Waals surface area contributed by atoms with E-state index in [2.05, 4.69) is 88.9 Å². The number of anilines is 3. The first-order valence-corrected chi connectivity index (χ1v) is 12.5. The quantitative estimate of drug-likeness (QED) is 0.505. The van der Waals surface area contributed by atoms with E-state index >= 15 is 0 Å². The molecule has 0 bridgehead atoms. The van der Waals surface area contributed by atoms with Gasteiger partial charge in [0.1, 0.15) is 11.6 Å². The molecule has 5 rings (SSSR count). The van der Waals surface area contributed by atoms with Gasteiger partial charge in [0, 0.05) is 38.8 Å². The fraction of sp³-hybridized carbons (Fsp3) is 0.370. The first-order valence-electron chi connectivity index (χ1n) is 12.1. The number of hydrogen-bond donors (Lipinski definition) is 2. The Bertz CT molecular complexity index is 1140. The molecule has 34 heavy (non-hydrogen) atoms. The van der Waals surface area contributed by atoms with E-state index in [1.165, 1.54) is 35.1 Å². The lowest BCUT2D eigenvalue weighted by molar-refractivity contribution is 0.444. The van der Waals surface area contributed by atoms with Gasteiger partial charge in [-0.1, -0.05) is 61.0 Å². The van der Waals surface area contributed by atoms with Gasteiger partial charge in [-0.25, -0.2) is 0 Å². The number of hydrogen-bond acceptors (Lipinski definition) is 5. The largest absolute Gasteiger partial charge is 0.358 e. The van der Waals surface area contributed by atoms with Crippen LogP contribution >= 0.6 is 12.2 Å². The second-order valence-corrected chi connectivity index (χ2v) is 9.93. The monoisotopic (exact) mass is 472 g/mol. The Morgan fingerprint density at radius 3 is 2.35 bits per heavy atom. The van der Waals surface area contributed by atoms with Crippen molar-refractivity contribution in [3.63, 3.8) is 0 Å². The Morgan fingerprint density at radius 1 is 1.00 bits per heavy atom. The third-order valence-corrected chi connectivity index (χ3v) is 6.89. The minimum atomic E-state index is 0.528. The molecule has 0 saturated carbocycles. The third-order valence-electron chi connectivity index (χ3n) is 6.64. The first kappa shape index (κ1) is 22.6. The van der Waals surface area contributed by atoms with Gasteiger partial charge in [0.25, 0.3) is 0 Å². The van der Waals surface area contributed by atoms with Crippen LogP contribution in [0.1, 0.15) is 42.0 Å². The predicted octanol–water partition coefficient (Wildman–Crippen LogP) is 5.03. The van der Waals surface area contributed by atoms with Gasteiger partial charge in [0.15, 0.2) is 5.11 Å². The summed E-state index contributed by atoms with van der Waals surface area (Å²) >= 11 is 5.58. The van der Waals surface area contributed by atoms with E-state index in [-0.39, 0.29) is 0 Å². The van der Waals surface area contributed by atoms with E-state index in [4.69, 9.17) is 22.2 Å². The normalized spacial score (nSPS) is 17.4. The van der Waals surface area contributed by atoms with Gasteiger partial charge in [-0.05, 0) is 54.6 Å². The molecule has 1 saturated heterocycles. The molecule has 3 heterocycles. The number of aromatic nitrogens is 2. The summed E-state index contributed by atoms with van der Waals surface area (Å²) in [7, 11) is 0. The average Bonchev–Trinajstić information content (AvgIpc) is 3.28. The second-order valence-electron chi connectivity index (χ2n) is 9.52. The number of fused-ring (bicyclic) bond motifs is 1. The number of nitrogens with zero attached hydrogens (tertiary/aromatic N) is 4. The molecular weight excluding hydrogens is 440 g/mol. The van der Waals surface area contributed by atoms with E-state index < -0.39 is 0 Å². The average molecular weight is 473 g/mol. The van der Waals surface area contributed by atoms with Crippen LogP contribution in [-0.2, 0) is 19.6 Å². The van der Waals surface area contributed by atoms with E-state index in [1.807, 2.05) is 0 Å². The molecule has 2 aliphatic rings. The molecule has 7 heteroatoms. The summed E-state index contributed by atoms with van der Waals surface area (Å²) in [6, 6.07) is 19.2. The molecule has 2 aromatic carbocycles. The van der Waals surface area contributed by atoms with Crippen molar-refractivity contribution < 1.29 is 0 Å². The van der Waals surface area contributed by atoms with Gasteiger partial charge in [-0.15, -0.1) is 0 Å². The summed E-state index contributed by atoms with van der Waals surface area (Å²) in [6.45, 7) is 8.83. The number of nitrogens with one attached hydrogen (secondary N) is 2. The van der Waals surface area contributed by atoms with Crippen LogP contribution in [0.2, 0.25) is 0 Å². The summed E-state index contributed by atoms with van der Waals surface area (Å²) in [4.78, 5) is 14.4. The molecule has 6 nitrogen and oxygen atoms in total. The van der Waals surface area contributed by atoms with Crippen LogP contribution in [0.4, 0.5) is 17.6 Å². The van der Waals surface area contributed by atoms with Crippen LogP contribution in [0, 0.1) is 12.8 Å². The molecule has 2 N–H and O–H groups in total. The maximum atomic E-state index is 5.58. The maximum absolute atomic E-state index is 5.58. The maximum Gasteiger partial charge on any atom is 0.232 e. The van der Waals surface area contributed by atoms with Gasteiger partial charge in [0.2, 0.25) is 5.95 Å². The van der Waals surface area contributed by atoms with E-state index in [0.717, 1.165) is 37.8 Å². The third kappa shape index (κ3) is 5.30.